The van der Waals surface area contributed by atoms with E-state index >= 15 is 0 Å². The fourth-order valence-electron chi connectivity index (χ4n) is 0.973. The molecule has 0 spiro atoms. The Hall–Kier alpha value is -1.76. The highest BCUT2D eigenvalue weighted by molar-refractivity contribution is 5.88. The fourth-order valence-corrected chi connectivity index (χ4v) is 0.973. The molecular formula is C10H12N2O2. The van der Waals surface area contributed by atoms with Gasteiger partial charge in [-0.3, -0.25) is 4.68 Å². The predicted octanol–water partition coefficient (Wildman–Crippen LogP) is 0.818. The van der Waals surface area contributed by atoms with Crippen molar-refractivity contribution in [2.45, 2.75) is 20.4 Å². The average Bonchev–Trinajstić information content (AvgIpc) is 2.62. The third-order valence-electron chi connectivity index (χ3n) is 1.58. The Morgan fingerprint density at radius 3 is 3.07 bits per heavy atom. The first-order valence-corrected chi connectivity index (χ1v) is 4.48. The largest absolute Gasteiger partial charge is 0.456 e. The highest BCUT2D eigenvalue weighted by Gasteiger charge is 1.97. The molecule has 4 nitrogen and oxygen atoms in total. The minimum absolute atomic E-state index is 0.348. The zero-order valence-electron chi connectivity index (χ0n) is 8.28. The number of ether oxygens (including phenoxy) is 1. The van der Waals surface area contributed by atoms with Gasteiger partial charge in [0, 0.05) is 12.5 Å². The van der Waals surface area contributed by atoms with Gasteiger partial charge < -0.3 is 4.74 Å². The molecule has 1 rings (SSSR count). The van der Waals surface area contributed by atoms with E-state index in [4.69, 9.17) is 0 Å². The van der Waals surface area contributed by atoms with Gasteiger partial charge in [-0.1, -0.05) is 0 Å². The number of rotatable bonds is 2. The molecule has 0 unspecified atom stereocenters. The van der Waals surface area contributed by atoms with Crippen LogP contribution >= 0.6 is 0 Å². The summed E-state index contributed by atoms with van der Waals surface area (Å²) in [6.45, 7) is 4.79. The second-order valence-electron chi connectivity index (χ2n) is 2.50. The molecule has 4 heteroatoms. The van der Waals surface area contributed by atoms with Gasteiger partial charge in [-0.25, -0.2) is 4.79 Å². The number of esters is 1. The first kappa shape index (κ1) is 10.3. The van der Waals surface area contributed by atoms with Crippen LogP contribution in [0.2, 0.25) is 0 Å². The Bertz CT molecular complexity index is 371. The normalized spacial score (nSPS) is 9.00. The van der Waals surface area contributed by atoms with Crippen molar-refractivity contribution in [2.75, 3.05) is 6.61 Å². The highest BCUT2D eigenvalue weighted by atomic mass is 16.5. The molecule has 0 radical (unpaired) electrons. The van der Waals surface area contributed by atoms with Crippen molar-refractivity contribution < 1.29 is 9.53 Å². The van der Waals surface area contributed by atoms with Crippen molar-refractivity contribution >= 4 is 5.97 Å². The van der Waals surface area contributed by atoms with Crippen LogP contribution in [0.4, 0.5) is 0 Å². The second kappa shape index (κ2) is 5.07. The van der Waals surface area contributed by atoms with Gasteiger partial charge in [0.1, 0.15) is 5.69 Å². The summed E-state index contributed by atoms with van der Waals surface area (Å²) in [6, 6.07) is 1.76. The van der Waals surface area contributed by atoms with Crippen LogP contribution in [0.1, 0.15) is 19.5 Å². The van der Waals surface area contributed by atoms with Crippen molar-refractivity contribution in [1.82, 2.24) is 9.78 Å². The van der Waals surface area contributed by atoms with Crippen LogP contribution in [0, 0.1) is 11.8 Å². The Morgan fingerprint density at radius 2 is 2.43 bits per heavy atom. The van der Waals surface area contributed by atoms with Gasteiger partial charge in [0.25, 0.3) is 0 Å². The maximum Gasteiger partial charge on any atom is 0.384 e. The number of aromatic nitrogens is 2. The van der Waals surface area contributed by atoms with Gasteiger partial charge in [0.2, 0.25) is 0 Å². The van der Waals surface area contributed by atoms with E-state index in [-0.39, 0.29) is 0 Å². The first-order chi connectivity index (χ1) is 6.77. The minimum atomic E-state index is -0.503. The van der Waals surface area contributed by atoms with Crippen LogP contribution in [-0.2, 0) is 16.1 Å². The van der Waals surface area contributed by atoms with Crippen LogP contribution in [0.5, 0.6) is 0 Å². The van der Waals surface area contributed by atoms with Gasteiger partial charge in [-0.15, -0.1) is 0 Å². The molecule has 1 aromatic heterocycles. The van der Waals surface area contributed by atoms with Crippen molar-refractivity contribution in [1.29, 1.82) is 0 Å². The van der Waals surface area contributed by atoms with Crippen LogP contribution in [0.3, 0.4) is 0 Å². The van der Waals surface area contributed by atoms with E-state index in [9.17, 15) is 4.79 Å². The zero-order chi connectivity index (χ0) is 10.4. The molecule has 0 atom stereocenters. The number of carbonyl (C=O) groups is 1. The molecule has 0 saturated carbocycles. The van der Waals surface area contributed by atoms with E-state index in [1.807, 2.05) is 6.92 Å². The molecule has 0 N–H and O–H groups in total. The van der Waals surface area contributed by atoms with E-state index in [0.717, 1.165) is 12.2 Å². The standard InChI is InChI=1S/C10H12N2O2/c1-3-12-9(7-8-11-12)5-6-10(13)14-4-2/h7-8H,3-4H2,1-2H3. The summed E-state index contributed by atoms with van der Waals surface area (Å²) in [7, 11) is 0. The summed E-state index contributed by atoms with van der Waals surface area (Å²) in [5, 5.41) is 4.02. The molecule has 0 fully saturated rings. The summed E-state index contributed by atoms with van der Waals surface area (Å²) >= 11 is 0. The quantitative estimate of drug-likeness (QED) is 0.514. The smallest absolute Gasteiger partial charge is 0.384 e. The van der Waals surface area contributed by atoms with E-state index in [1.165, 1.54) is 0 Å². The number of carbonyl (C=O) groups excluding carboxylic acids is 1. The van der Waals surface area contributed by atoms with E-state index in [1.54, 1.807) is 23.9 Å². The lowest BCUT2D eigenvalue weighted by Gasteiger charge is -1.95. The Morgan fingerprint density at radius 1 is 1.64 bits per heavy atom. The van der Waals surface area contributed by atoms with Gasteiger partial charge in [-0.2, -0.15) is 5.10 Å². The zero-order valence-corrected chi connectivity index (χ0v) is 8.28. The summed E-state index contributed by atoms with van der Waals surface area (Å²) in [4.78, 5) is 10.9. The minimum Gasteiger partial charge on any atom is -0.456 e. The average molecular weight is 192 g/mol. The van der Waals surface area contributed by atoms with E-state index < -0.39 is 5.97 Å². The lowest BCUT2D eigenvalue weighted by molar-refractivity contribution is -0.136. The van der Waals surface area contributed by atoms with E-state index in [2.05, 4.69) is 21.7 Å². The summed E-state index contributed by atoms with van der Waals surface area (Å²) in [5.74, 6) is 4.59. The lowest BCUT2D eigenvalue weighted by atomic mass is 10.4. The maximum atomic E-state index is 10.9. The van der Waals surface area contributed by atoms with Gasteiger partial charge in [0.15, 0.2) is 0 Å². The van der Waals surface area contributed by atoms with Gasteiger partial charge in [-0.05, 0) is 25.8 Å². The fraction of sp³-hybridized carbons (Fsp3) is 0.400. The Labute approximate surface area is 82.9 Å². The molecule has 0 saturated heterocycles. The molecule has 0 aromatic carbocycles. The second-order valence-corrected chi connectivity index (χ2v) is 2.50. The summed E-state index contributed by atoms with van der Waals surface area (Å²) < 4.78 is 6.39. The maximum absolute atomic E-state index is 10.9. The molecule has 0 aliphatic heterocycles. The van der Waals surface area contributed by atoms with Gasteiger partial charge >= 0.3 is 5.97 Å². The number of nitrogens with zero attached hydrogens (tertiary/aromatic N) is 2. The van der Waals surface area contributed by atoms with Crippen LogP contribution in [0.15, 0.2) is 12.3 Å². The van der Waals surface area contributed by atoms with E-state index in [0.29, 0.717) is 6.61 Å². The number of aryl methyl sites for hydroxylation is 1. The van der Waals surface area contributed by atoms with Crippen LogP contribution < -0.4 is 0 Å². The summed E-state index contributed by atoms with van der Waals surface area (Å²) in [5.41, 5.74) is 0.723. The monoisotopic (exact) mass is 192 g/mol. The van der Waals surface area contributed by atoms with Crippen LogP contribution in [0.25, 0.3) is 0 Å². The molecule has 0 aliphatic rings. The van der Waals surface area contributed by atoms with Gasteiger partial charge in [0.05, 0.1) is 12.8 Å². The molecule has 74 valence electrons. The first-order valence-electron chi connectivity index (χ1n) is 4.48. The van der Waals surface area contributed by atoms with Crippen LogP contribution in [-0.4, -0.2) is 22.4 Å². The predicted molar refractivity (Wildman–Crippen MR) is 51.4 cm³/mol. The highest BCUT2D eigenvalue weighted by Crippen LogP contribution is 1.95. The molecule has 1 heterocycles. The number of hydrogen-bond acceptors (Lipinski definition) is 3. The molecular weight excluding hydrogens is 180 g/mol. The summed E-state index contributed by atoms with van der Waals surface area (Å²) in [6.07, 6.45) is 1.65. The lowest BCUT2D eigenvalue weighted by Crippen LogP contribution is -2.02. The van der Waals surface area contributed by atoms with Crippen molar-refractivity contribution in [3.63, 3.8) is 0 Å². The number of hydrogen-bond donors (Lipinski definition) is 0. The Balaban J connectivity index is 2.72. The third-order valence-corrected chi connectivity index (χ3v) is 1.58. The van der Waals surface area contributed by atoms with Crippen molar-refractivity contribution in [3.05, 3.63) is 18.0 Å². The Kier molecular flexibility index (Phi) is 3.74. The topological polar surface area (TPSA) is 44.1 Å². The van der Waals surface area contributed by atoms with Crippen molar-refractivity contribution in [2.24, 2.45) is 0 Å². The molecule has 1 aromatic rings. The molecule has 14 heavy (non-hydrogen) atoms. The SMILES string of the molecule is CCOC(=O)C#Cc1ccnn1CC. The van der Waals surface area contributed by atoms with Crippen molar-refractivity contribution in [3.8, 4) is 11.8 Å². The third kappa shape index (κ3) is 2.63. The molecule has 0 bridgehead atoms. The molecule has 0 amide bonds. The molecule has 0 aliphatic carbocycles.